The minimum Gasteiger partial charge on any atom is -0.456 e. The zero-order valence-corrected chi connectivity index (χ0v) is 27.9. The summed E-state index contributed by atoms with van der Waals surface area (Å²) >= 11 is 0. The number of para-hydroxylation sites is 2. The second kappa shape index (κ2) is 11.0. The third-order valence-electron chi connectivity index (χ3n) is 11.1. The topological polar surface area (TPSA) is 27.1 Å². The Balaban J connectivity index is 1.14. The molecule has 3 nitrogen and oxygen atoms in total. The maximum atomic E-state index is 6.65. The highest BCUT2D eigenvalue weighted by Gasteiger charge is 2.26. The van der Waals surface area contributed by atoms with Crippen molar-refractivity contribution in [3.63, 3.8) is 0 Å². The first kappa shape index (κ1) is 28.4. The maximum absolute atomic E-state index is 6.65. The largest absolute Gasteiger partial charge is 0.456 e. The summed E-state index contributed by atoms with van der Waals surface area (Å²) in [6.07, 6.45) is 3.97. The molecule has 0 unspecified atom stereocenters. The molecule has 0 fully saturated rings. The van der Waals surface area contributed by atoms with Gasteiger partial charge in [-0.3, -0.25) is 4.98 Å². The van der Waals surface area contributed by atoms with Gasteiger partial charge in [0.25, 0.3) is 0 Å². The summed E-state index contributed by atoms with van der Waals surface area (Å²) in [5.74, 6) is 2.07. The highest BCUT2D eigenvalue weighted by molar-refractivity contribution is 6.25. The van der Waals surface area contributed by atoms with E-state index in [0.29, 0.717) is 0 Å². The van der Waals surface area contributed by atoms with Gasteiger partial charge >= 0.3 is 0 Å². The molecule has 1 atom stereocenters. The van der Waals surface area contributed by atoms with Gasteiger partial charge in [0.05, 0.1) is 11.0 Å². The molecule has 0 amide bonds. The number of nitrogens with zero attached hydrogens (tertiary/aromatic N) is 2. The monoisotopic (exact) mass is 652 g/mol. The SMILES string of the molecule is c1ccc(-n2c3ccc(-c4ccc5c(c4)-c4ccccc4[C@H](c4ccccn4)CC5)cc3c3c4cccc5c4c(cc32)Oc2ccccc2-5)cc1. The van der Waals surface area contributed by atoms with Crippen molar-refractivity contribution in [1.82, 2.24) is 9.55 Å². The van der Waals surface area contributed by atoms with Gasteiger partial charge in [-0.2, -0.15) is 0 Å². The van der Waals surface area contributed by atoms with Gasteiger partial charge in [0, 0.05) is 51.3 Å². The Hall–Kier alpha value is -6.45. The van der Waals surface area contributed by atoms with Gasteiger partial charge in [0.15, 0.2) is 0 Å². The van der Waals surface area contributed by atoms with E-state index in [1.165, 1.54) is 66.0 Å². The first-order chi connectivity index (χ1) is 25.3. The number of pyridine rings is 1. The fraction of sp³-hybridized carbons (Fsp3) is 0.0625. The maximum Gasteiger partial charge on any atom is 0.138 e. The number of fused-ring (bicyclic) bond motifs is 9. The molecule has 0 radical (unpaired) electrons. The molecule has 240 valence electrons. The van der Waals surface area contributed by atoms with Crippen LogP contribution in [0.4, 0.5) is 0 Å². The number of hydrogen-bond acceptors (Lipinski definition) is 2. The van der Waals surface area contributed by atoms with E-state index in [1.807, 2.05) is 18.3 Å². The van der Waals surface area contributed by atoms with Crippen LogP contribution in [0.1, 0.15) is 29.2 Å². The molecule has 0 N–H and O–H groups in total. The molecule has 0 bridgehead atoms. The normalized spacial score (nSPS) is 14.5. The minimum absolute atomic E-state index is 0.268. The molecule has 2 aromatic heterocycles. The molecule has 0 saturated heterocycles. The smallest absolute Gasteiger partial charge is 0.138 e. The van der Waals surface area contributed by atoms with Gasteiger partial charge in [0.2, 0.25) is 0 Å². The third kappa shape index (κ3) is 4.28. The van der Waals surface area contributed by atoms with E-state index >= 15 is 0 Å². The quantitative estimate of drug-likeness (QED) is 0.190. The van der Waals surface area contributed by atoms with Crippen LogP contribution in [0.5, 0.6) is 11.5 Å². The molecule has 0 saturated carbocycles. The molecule has 3 heteroatoms. The Kier molecular flexibility index (Phi) is 6.14. The lowest BCUT2D eigenvalue weighted by Crippen LogP contribution is -2.04. The van der Waals surface area contributed by atoms with Crippen LogP contribution >= 0.6 is 0 Å². The van der Waals surface area contributed by atoms with Crippen LogP contribution < -0.4 is 4.74 Å². The van der Waals surface area contributed by atoms with Crippen molar-refractivity contribution in [3.8, 4) is 50.6 Å². The van der Waals surface area contributed by atoms with Crippen molar-refractivity contribution in [2.24, 2.45) is 0 Å². The molecule has 7 aromatic carbocycles. The van der Waals surface area contributed by atoms with Crippen LogP contribution in [0, 0.1) is 0 Å². The lowest BCUT2D eigenvalue weighted by atomic mass is 9.88. The highest BCUT2D eigenvalue weighted by atomic mass is 16.5. The van der Waals surface area contributed by atoms with Crippen LogP contribution in [0.3, 0.4) is 0 Å². The van der Waals surface area contributed by atoms with Crippen molar-refractivity contribution in [1.29, 1.82) is 0 Å². The number of ether oxygens (including phenoxy) is 1. The number of hydrogen-bond donors (Lipinski definition) is 0. The molecule has 0 spiro atoms. The molecule has 1 aliphatic carbocycles. The average Bonchev–Trinajstić information content (AvgIpc) is 3.42. The number of rotatable bonds is 3. The van der Waals surface area contributed by atoms with Gasteiger partial charge in [-0.15, -0.1) is 0 Å². The summed E-state index contributed by atoms with van der Waals surface area (Å²) in [4.78, 5) is 4.79. The Labute approximate surface area is 296 Å². The van der Waals surface area contributed by atoms with Gasteiger partial charge in [-0.25, -0.2) is 0 Å². The predicted octanol–water partition coefficient (Wildman–Crippen LogP) is 12.5. The molecule has 2 aliphatic rings. The summed E-state index contributed by atoms with van der Waals surface area (Å²) in [7, 11) is 0. The van der Waals surface area contributed by atoms with Crippen molar-refractivity contribution in [2.75, 3.05) is 0 Å². The van der Waals surface area contributed by atoms with E-state index in [-0.39, 0.29) is 5.92 Å². The molecular weight excluding hydrogens is 621 g/mol. The lowest BCUT2D eigenvalue weighted by Gasteiger charge is -2.22. The summed E-state index contributed by atoms with van der Waals surface area (Å²) in [6.45, 7) is 0. The summed E-state index contributed by atoms with van der Waals surface area (Å²) < 4.78 is 9.04. The van der Waals surface area contributed by atoms with E-state index in [1.54, 1.807) is 0 Å². The first-order valence-corrected chi connectivity index (χ1v) is 17.8. The average molecular weight is 653 g/mol. The molecular formula is C48H32N2O. The molecule has 51 heavy (non-hydrogen) atoms. The summed E-state index contributed by atoms with van der Waals surface area (Å²) in [5.41, 5.74) is 14.8. The standard InChI is InChI=1S/C48H32N2O/c1-2-11-33(12-3-1)50-43-25-23-32(28-41(43)47-39-17-10-16-38-37-15-6-7-19-45(37)51-46(48(38)39)29-44(47)50)31-21-20-30-22-24-36(42-18-8-9-26-49-42)34-13-4-5-14-35(34)40(30)27-31/h1-21,23,25-29,36H,22,24H2/t36-/m1/s1. The number of aryl methyl sites for hydroxylation is 1. The predicted molar refractivity (Wildman–Crippen MR) is 209 cm³/mol. The Bertz CT molecular complexity index is 2830. The number of benzene rings is 7. The van der Waals surface area contributed by atoms with Crippen molar-refractivity contribution >= 4 is 32.6 Å². The van der Waals surface area contributed by atoms with Crippen LogP contribution in [0.15, 0.2) is 164 Å². The summed E-state index contributed by atoms with van der Waals surface area (Å²) in [5, 5.41) is 4.87. The van der Waals surface area contributed by atoms with Crippen LogP contribution in [-0.2, 0) is 6.42 Å². The van der Waals surface area contributed by atoms with Gasteiger partial charge in [0.1, 0.15) is 11.5 Å². The fourth-order valence-corrected chi connectivity index (χ4v) is 8.80. The molecule has 11 rings (SSSR count). The van der Waals surface area contributed by atoms with E-state index in [0.717, 1.165) is 46.8 Å². The Morgan fingerprint density at radius 3 is 2.22 bits per heavy atom. The summed E-state index contributed by atoms with van der Waals surface area (Å²) in [6, 6.07) is 57.3. The Morgan fingerprint density at radius 2 is 1.31 bits per heavy atom. The molecule has 9 aromatic rings. The van der Waals surface area contributed by atoms with Crippen molar-refractivity contribution < 1.29 is 4.74 Å². The zero-order valence-electron chi connectivity index (χ0n) is 27.9. The van der Waals surface area contributed by atoms with Crippen LogP contribution in [-0.4, -0.2) is 9.55 Å². The minimum atomic E-state index is 0.268. The van der Waals surface area contributed by atoms with Crippen molar-refractivity contribution in [2.45, 2.75) is 18.8 Å². The van der Waals surface area contributed by atoms with Crippen LogP contribution in [0.25, 0.3) is 71.6 Å². The van der Waals surface area contributed by atoms with E-state index in [2.05, 4.69) is 150 Å². The van der Waals surface area contributed by atoms with E-state index in [4.69, 9.17) is 9.72 Å². The number of aromatic nitrogens is 2. The fourth-order valence-electron chi connectivity index (χ4n) is 8.80. The zero-order chi connectivity index (χ0) is 33.5. The molecule has 1 aliphatic heterocycles. The van der Waals surface area contributed by atoms with Crippen LogP contribution in [0.2, 0.25) is 0 Å². The van der Waals surface area contributed by atoms with E-state index in [9.17, 15) is 0 Å². The lowest BCUT2D eigenvalue weighted by molar-refractivity contribution is 0.487. The van der Waals surface area contributed by atoms with E-state index < -0.39 is 0 Å². The van der Waals surface area contributed by atoms with Crippen molar-refractivity contribution in [3.05, 3.63) is 181 Å². The van der Waals surface area contributed by atoms with Gasteiger partial charge in [-0.1, -0.05) is 103 Å². The second-order valence-electron chi connectivity index (χ2n) is 13.8. The molecule has 3 heterocycles. The van der Waals surface area contributed by atoms with Gasteiger partial charge in [-0.05, 0) is 106 Å². The third-order valence-corrected chi connectivity index (χ3v) is 11.1. The second-order valence-corrected chi connectivity index (χ2v) is 13.8. The first-order valence-electron chi connectivity index (χ1n) is 17.8. The highest BCUT2D eigenvalue weighted by Crippen LogP contribution is 2.51. The van der Waals surface area contributed by atoms with Gasteiger partial charge < -0.3 is 9.30 Å². The Morgan fingerprint density at radius 1 is 0.529 bits per heavy atom.